The molecule has 2 heteroatoms. The Balaban J connectivity index is 1.56. The van der Waals surface area contributed by atoms with Crippen LogP contribution in [0.4, 0.5) is 0 Å². The Labute approximate surface area is 104 Å². The van der Waals surface area contributed by atoms with Gasteiger partial charge in [0.2, 0.25) is 0 Å². The molecule has 5 aliphatic rings. The van der Waals surface area contributed by atoms with E-state index >= 15 is 0 Å². The largest absolute Gasteiger partial charge is 0.396 e. The normalized spacial score (nSPS) is 53.5. The molecule has 5 fully saturated rings. The van der Waals surface area contributed by atoms with E-state index < -0.39 is 0 Å². The first-order valence-electron chi connectivity index (χ1n) is 7.63. The van der Waals surface area contributed by atoms with Gasteiger partial charge in [0.25, 0.3) is 0 Å². The van der Waals surface area contributed by atoms with Crippen molar-refractivity contribution in [2.75, 3.05) is 19.7 Å². The first kappa shape index (κ1) is 10.8. The molecule has 1 heterocycles. The van der Waals surface area contributed by atoms with E-state index in [4.69, 9.17) is 0 Å². The van der Waals surface area contributed by atoms with Gasteiger partial charge in [0.1, 0.15) is 0 Å². The quantitative estimate of drug-likeness (QED) is 0.793. The number of aliphatic hydroxyl groups excluding tert-OH is 1. The van der Waals surface area contributed by atoms with Crippen molar-refractivity contribution in [3.63, 3.8) is 0 Å². The van der Waals surface area contributed by atoms with E-state index in [-0.39, 0.29) is 0 Å². The predicted octanol–water partition coefficient (Wildman–Crippen LogP) is 2.27. The maximum atomic E-state index is 9.34. The molecule has 1 atom stereocenters. The van der Waals surface area contributed by atoms with E-state index in [1.165, 1.54) is 58.0 Å². The van der Waals surface area contributed by atoms with E-state index in [9.17, 15) is 5.11 Å². The average molecular weight is 235 g/mol. The van der Waals surface area contributed by atoms with Crippen molar-refractivity contribution in [3.8, 4) is 0 Å². The van der Waals surface area contributed by atoms with Gasteiger partial charge in [-0.3, -0.25) is 4.90 Å². The maximum absolute atomic E-state index is 9.34. The minimum absolute atomic E-state index is 0.406. The van der Waals surface area contributed by atoms with Crippen molar-refractivity contribution in [2.45, 2.75) is 50.5 Å². The van der Waals surface area contributed by atoms with Crippen LogP contribution in [-0.2, 0) is 0 Å². The van der Waals surface area contributed by atoms with E-state index in [0.717, 1.165) is 17.8 Å². The monoisotopic (exact) mass is 235 g/mol. The molecule has 96 valence electrons. The molecule has 0 aromatic rings. The van der Waals surface area contributed by atoms with E-state index in [0.29, 0.717) is 18.1 Å². The van der Waals surface area contributed by atoms with Crippen LogP contribution in [-0.4, -0.2) is 35.2 Å². The second-order valence-corrected chi connectivity index (χ2v) is 7.43. The van der Waals surface area contributed by atoms with Crippen molar-refractivity contribution in [1.82, 2.24) is 4.90 Å². The minimum atomic E-state index is 0.406. The fourth-order valence-corrected chi connectivity index (χ4v) is 5.86. The lowest BCUT2D eigenvalue weighted by atomic mass is 9.52. The van der Waals surface area contributed by atoms with E-state index in [1.54, 1.807) is 0 Å². The molecular weight excluding hydrogens is 210 g/mol. The summed E-state index contributed by atoms with van der Waals surface area (Å²) >= 11 is 0. The Morgan fingerprint density at radius 3 is 2.06 bits per heavy atom. The lowest BCUT2D eigenvalue weighted by Crippen LogP contribution is -2.59. The van der Waals surface area contributed by atoms with Gasteiger partial charge in [0.05, 0.1) is 0 Å². The molecule has 2 nitrogen and oxygen atoms in total. The number of hydrogen-bond donors (Lipinski definition) is 1. The fraction of sp³-hybridized carbons (Fsp3) is 1.00. The molecule has 4 saturated carbocycles. The standard InChI is InChI=1S/C15H25NO/c17-10-11-1-2-16(9-11)15-6-12-3-13(7-15)5-14(4-12)8-15/h11-14,17H,1-10H2. The fourth-order valence-electron chi connectivity index (χ4n) is 5.86. The molecule has 1 aliphatic heterocycles. The number of hydrogen-bond acceptors (Lipinski definition) is 2. The lowest BCUT2D eigenvalue weighted by Gasteiger charge is -2.60. The first-order valence-corrected chi connectivity index (χ1v) is 7.63. The summed E-state index contributed by atoms with van der Waals surface area (Å²) in [6.07, 6.45) is 10.3. The third kappa shape index (κ3) is 1.60. The van der Waals surface area contributed by atoms with Crippen molar-refractivity contribution >= 4 is 0 Å². The summed E-state index contributed by atoms with van der Waals surface area (Å²) in [6, 6.07) is 0. The predicted molar refractivity (Wildman–Crippen MR) is 67.7 cm³/mol. The highest BCUT2D eigenvalue weighted by atomic mass is 16.3. The molecular formula is C15H25NO. The Hall–Kier alpha value is -0.0800. The van der Waals surface area contributed by atoms with Gasteiger partial charge in [-0.25, -0.2) is 0 Å². The van der Waals surface area contributed by atoms with Gasteiger partial charge in [-0.15, -0.1) is 0 Å². The van der Waals surface area contributed by atoms with Crippen LogP contribution in [0.2, 0.25) is 0 Å². The van der Waals surface area contributed by atoms with Crippen LogP contribution in [0.25, 0.3) is 0 Å². The summed E-state index contributed by atoms with van der Waals surface area (Å²) < 4.78 is 0. The summed E-state index contributed by atoms with van der Waals surface area (Å²) in [4.78, 5) is 2.79. The maximum Gasteiger partial charge on any atom is 0.0471 e. The smallest absolute Gasteiger partial charge is 0.0471 e. The molecule has 4 aliphatic carbocycles. The number of likely N-dealkylation sites (tertiary alicyclic amines) is 1. The summed E-state index contributed by atoms with van der Waals surface area (Å²) in [5.41, 5.74) is 0.582. The topological polar surface area (TPSA) is 23.5 Å². The minimum Gasteiger partial charge on any atom is -0.396 e. The zero-order valence-electron chi connectivity index (χ0n) is 10.8. The average Bonchev–Trinajstić information content (AvgIpc) is 2.76. The van der Waals surface area contributed by atoms with Crippen molar-refractivity contribution in [2.24, 2.45) is 23.7 Å². The Morgan fingerprint density at radius 2 is 1.59 bits per heavy atom. The SMILES string of the molecule is OCC1CCN(C23CC4CC(CC(C4)C2)C3)C1. The molecule has 4 bridgehead atoms. The lowest BCUT2D eigenvalue weighted by molar-refractivity contribution is -0.0819. The molecule has 1 N–H and O–H groups in total. The highest BCUT2D eigenvalue weighted by Crippen LogP contribution is 2.58. The zero-order chi connectivity index (χ0) is 11.5. The van der Waals surface area contributed by atoms with Crippen molar-refractivity contribution < 1.29 is 5.11 Å². The van der Waals surface area contributed by atoms with Gasteiger partial charge in [-0.1, -0.05) is 0 Å². The molecule has 0 radical (unpaired) electrons. The van der Waals surface area contributed by atoms with Gasteiger partial charge in [-0.2, -0.15) is 0 Å². The second kappa shape index (κ2) is 3.71. The Kier molecular flexibility index (Phi) is 2.36. The highest BCUT2D eigenvalue weighted by Gasteiger charge is 2.54. The van der Waals surface area contributed by atoms with Gasteiger partial charge >= 0.3 is 0 Å². The third-order valence-corrected chi connectivity index (χ3v) is 6.22. The molecule has 5 rings (SSSR count). The van der Waals surface area contributed by atoms with Crippen LogP contribution in [0.15, 0.2) is 0 Å². The van der Waals surface area contributed by atoms with Gasteiger partial charge in [0, 0.05) is 18.7 Å². The molecule has 1 saturated heterocycles. The third-order valence-electron chi connectivity index (χ3n) is 6.22. The van der Waals surface area contributed by atoms with Crippen LogP contribution >= 0.6 is 0 Å². The summed E-state index contributed by atoms with van der Waals surface area (Å²) in [5.74, 6) is 3.72. The van der Waals surface area contributed by atoms with Crippen LogP contribution < -0.4 is 0 Å². The first-order chi connectivity index (χ1) is 8.27. The number of nitrogens with zero attached hydrogens (tertiary/aromatic N) is 1. The molecule has 0 amide bonds. The number of aliphatic hydroxyl groups is 1. The Morgan fingerprint density at radius 1 is 1.00 bits per heavy atom. The molecule has 0 spiro atoms. The highest BCUT2D eigenvalue weighted by molar-refractivity contribution is 5.08. The zero-order valence-corrected chi connectivity index (χ0v) is 10.8. The van der Waals surface area contributed by atoms with E-state index in [2.05, 4.69) is 4.90 Å². The van der Waals surface area contributed by atoms with Gasteiger partial charge < -0.3 is 5.11 Å². The van der Waals surface area contributed by atoms with E-state index in [1.807, 2.05) is 0 Å². The molecule has 17 heavy (non-hydrogen) atoms. The van der Waals surface area contributed by atoms with Crippen LogP contribution in [0, 0.1) is 23.7 Å². The van der Waals surface area contributed by atoms with Gasteiger partial charge in [-0.05, 0) is 75.2 Å². The van der Waals surface area contributed by atoms with Crippen LogP contribution in [0.1, 0.15) is 44.9 Å². The van der Waals surface area contributed by atoms with Crippen molar-refractivity contribution in [3.05, 3.63) is 0 Å². The van der Waals surface area contributed by atoms with Crippen LogP contribution in [0.5, 0.6) is 0 Å². The molecule has 1 unspecified atom stereocenters. The molecule has 0 aromatic heterocycles. The van der Waals surface area contributed by atoms with Crippen molar-refractivity contribution in [1.29, 1.82) is 0 Å². The summed E-state index contributed by atoms with van der Waals surface area (Å²) in [5, 5.41) is 9.34. The molecule has 0 aromatic carbocycles. The van der Waals surface area contributed by atoms with Crippen LogP contribution in [0.3, 0.4) is 0 Å². The summed E-state index contributed by atoms with van der Waals surface area (Å²) in [6.45, 7) is 2.85. The summed E-state index contributed by atoms with van der Waals surface area (Å²) in [7, 11) is 0. The van der Waals surface area contributed by atoms with Gasteiger partial charge in [0.15, 0.2) is 0 Å². The number of rotatable bonds is 2. The Bertz CT molecular complexity index is 279. The second-order valence-electron chi connectivity index (χ2n) is 7.43.